The third-order valence-corrected chi connectivity index (χ3v) is 2.23. The van der Waals surface area contributed by atoms with Gasteiger partial charge in [0.05, 0.1) is 22.3 Å². The molecule has 1 rings (SSSR count). The zero-order valence-corrected chi connectivity index (χ0v) is 9.27. The minimum absolute atomic E-state index is 0.0229. The first kappa shape index (κ1) is 10.2. The number of nitrogens with one attached hydrogen (secondary N) is 1. The summed E-state index contributed by atoms with van der Waals surface area (Å²) in [5.74, 6) is 0. The SMILES string of the molecule is Cc1ncsc1/C=N/NC(C)(C)C. The van der Waals surface area contributed by atoms with E-state index in [1.54, 1.807) is 11.3 Å². The first-order valence-electron chi connectivity index (χ1n) is 4.19. The van der Waals surface area contributed by atoms with Crippen molar-refractivity contribution >= 4 is 17.6 Å². The quantitative estimate of drug-likeness (QED) is 0.583. The monoisotopic (exact) mass is 197 g/mol. The minimum Gasteiger partial charge on any atom is -0.305 e. The second-order valence-corrected chi connectivity index (χ2v) is 4.81. The van der Waals surface area contributed by atoms with Crippen LogP contribution in [-0.2, 0) is 0 Å². The highest BCUT2D eigenvalue weighted by Crippen LogP contribution is 2.08. The number of aryl methyl sites for hydroxylation is 1. The zero-order valence-electron chi connectivity index (χ0n) is 8.46. The molecule has 0 spiro atoms. The van der Waals surface area contributed by atoms with Crippen molar-refractivity contribution in [2.24, 2.45) is 5.10 Å². The molecule has 13 heavy (non-hydrogen) atoms. The summed E-state index contributed by atoms with van der Waals surface area (Å²) >= 11 is 1.60. The Morgan fingerprint density at radius 2 is 2.23 bits per heavy atom. The largest absolute Gasteiger partial charge is 0.305 e. The van der Waals surface area contributed by atoms with E-state index in [2.05, 4.69) is 36.3 Å². The molecular weight excluding hydrogens is 182 g/mol. The fraction of sp³-hybridized carbons (Fsp3) is 0.556. The van der Waals surface area contributed by atoms with Gasteiger partial charge in [-0.05, 0) is 27.7 Å². The molecule has 1 N–H and O–H groups in total. The molecule has 0 amide bonds. The Balaban J connectivity index is 2.55. The molecule has 72 valence electrons. The van der Waals surface area contributed by atoms with Crippen LogP contribution < -0.4 is 5.43 Å². The molecule has 0 aliphatic rings. The fourth-order valence-corrected chi connectivity index (χ4v) is 1.38. The standard InChI is InChI=1S/C9H15N3S/c1-7-8(13-6-10-7)5-11-12-9(2,3)4/h5-6,12H,1-4H3/b11-5+. The smallest absolute Gasteiger partial charge is 0.0801 e. The Morgan fingerprint density at radius 1 is 1.54 bits per heavy atom. The van der Waals surface area contributed by atoms with Crippen LogP contribution in [0.1, 0.15) is 31.3 Å². The lowest BCUT2D eigenvalue weighted by atomic mass is 10.1. The molecule has 0 atom stereocenters. The molecule has 1 aromatic heterocycles. The lowest BCUT2D eigenvalue weighted by Crippen LogP contribution is -2.31. The molecular formula is C9H15N3S. The van der Waals surface area contributed by atoms with Crippen molar-refractivity contribution in [1.82, 2.24) is 10.4 Å². The number of nitrogens with zero attached hydrogens (tertiary/aromatic N) is 2. The molecule has 0 aliphatic carbocycles. The van der Waals surface area contributed by atoms with Gasteiger partial charge < -0.3 is 5.43 Å². The van der Waals surface area contributed by atoms with Gasteiger partial charge in [0.2, 0.25) is 0 Å². The Labute approximate surface area is 82.9 Å². The van der Waals surface area contributed by atoms with E-state index in [4.69, 9.17) is 0 Å². The average molecular weight is 197 g/mol. The van der Waals surface area contributed by atoms with Gasteiger partial charge in [-0.3, -0.25) is 0 Å². The van der Waals surface area contributed by atoms with E-state index in [0.717, 1.165) is 10.6 Å². The number of hydrogen-bond donors (Lipinski definition) is 1. The molecule has 0 aromatic carbocycles. The number of rotatable bonds is 2. The maximum absolute atomic E-state index is 4.14. The highest BCUT2D eigenvalue weighted by Gasteiger charge is 2.06. The van der Waals surface area contributed by atoms with Crippen molar-refractivity contribution in [2.75, 3.05) is 0 Å². The molecule has 4 heteroatoms. The molecule has 0 aliphatic heterocycles. The van der Waals surface area contributed by atoms with Gasteiger partial charge in [0.1, 0.15) is 0 Å². The van der Waals surface area contributed by atoms with E-state index in [1.165, 1.54) is 0 Å². The highest BCUT2D eigenvalue weighted by molar-refractivity contribution is 7.11. The molecule has 1 heterocycles. The number of hydrazone groups is 1. The van der Waals surface area contributed by atoms with Crippen LogP contribution in [0.15, 0.2) is 10.6 Å². The van der Waals surface area contributed by atoms with Gasteiger partial charge in [0.15, 0.2) is 0 Å². The number of hydrogen-bond acceptors (Lipinski definition) is 4. The van der Waals surface area contributed by atoms with Crippen LogP contribution in [0.4, 0.5) is 0 Å². The average Bonchev–Trinajstić information content (AvgIpc) is 2.34. The Bertz CT molecular complexity index is 296. The van der Waals surface area contributed by atoms with Crippen LogP contribution in [0.5, 0.6) is 0 Å². The van der Waals surface area contributed by atoms with Gasteiger partial charge in [0.25, 0.3) is 0 Å². The lowest BCUT2D eigenvalue weighted by Gasteiger charge is -2.16. The summed E-state index contributed by atoms with van der Waals surface area (Å²) < 4.78 is 0. The summed E-state index contributed by atoms with van der Waals surface area (Å²) in [4.78, 5) is 5.24. The van der Waals surface area contributed by atoms with Crippen molar-refractivity contribution in [3.8, 4) is 0 Å². The second kappa shape index (κ2) is 3.87. The summed E-state index contributed by atoms with van der Waals surface area (Å²) in [7, 11) is 0. The Hall–Kier alpha value is -0.900. The predicted octanol–water partition coefficient (Wildman–Crippen LogP) is 2.17. The molecule has 3 nitrogen and oxygen atoms in total. The topological polar surface area (TPSA) is 37.3 Å². The molecule has 0 unspecified atom stereocenters. The van der Waals surface area contributed by atoms with E-state index in [1.807, 2.05) is 18.6 Å². The van der Waals surface area contributed by atoms with E-state index < -0.39 is 0 Å². The summed E-state index contributed by atoms with van der Waals surface area (Å²) in [5.41, 5.74) is 5.92. The van der Waals surface area contributed by atoms with Gasteiger partial charge in [-0.2, -0.15) is 5.10 Å². The fourth-order valence-electron chi connectivity index (χ4n) is 0.719. The second-order valence-electron chi connectivity index (χ2n) is 3.92. The van der Waals surface area contributed by atoms with Gasteiger partial charge in [-0.25, -0.2) is 4.98 Å². The predicted molar refractivity (Wildman–Crippen MR) is 57.3 cm³/mol. The van der Waals surface area contributed by atoms with Crippen molar-refractivity contribution < 1.29 is 0 Å². The van der Waals surface area contributed by atoms with E-state index in [0.29, 0.717) is 0 Å². The molecule has 0 saturated carbocycles. The van der Waals surface area contributed by atoms with E-state index in [-0.39, 0.29) is 5.54 Å². The summed E-state index contributed by atoms with van der Waals surface area (Å²) in [6.07, 6.45) is 1.82. The first-order chi connectivity index (χ1) is 5.99. The number of thiazole rings is 1. The van der Waals surface area contributed by atoms with Crippen LogP contribution in [0, 0.1) is 6.92 Å². The minimum atomic E-state index is 0.0229. The van der Waals surface area contributed by atoms with Crippen LogP contribution in [-0.4, -0.2) is 16.7 Å². The van der Waals surface area contributed by atoms with Crippen LogP contribution >= 0.6 is 11.3 Å². The van der Waals surface area contributed by atoms with Gasteiger partial charge in [-0.1, -0.05) is 0 Å². The maximum atomic E-state index is 4.14. The molecule has 0 radical (unpaired) electrons. The highest BCUT2D eigenvalue weighted by atomic mass is 32.1. The van der Waals surface area contributed by atoms with Crippen molar-refractivity contribution in [3.05, 3.63) is 16.1 Å². The third kappa shape index (κ3) is 3.55. The summed E-state index contributed by atoms with van der Waals surface area (Å²) in [5, 5.41) is 4.14. The summed E-state index contributed by atoms with van der Waals surface area (Å²) in [6, 6.07) is 0. The van der Waals surface area contributed by atoms with Crippen molar-refractivity contribution in [3.63, 3.8) is 0 Å². The molecule has 0 fully saturated rings. The zero-order chi connectivity index (χ0) is 9.90. The van der Waals surface area contributed by atoms with E-state index in [9.17, 15) is 0 Å². The first-order valence-corrected chi connectivity index (χ1v) is 5.07. The third-order valence-electron chi connectivity index (χ3n) is 1.36. The molecule has 0 saturated heterocycles. The normalized spacial score (nSPS) is 12.3. The van der Waals surface area contributed by atoms with Crippen LogP contribution in [0.25, 0.3) is 0 Å². The van der Waals surface area contributed by atoms with Gasteiger partial charge in [0, 0.05) is 5.54 Å². The van der Waals surface area contributed by atoms with Gasteiger partial charge >= 0.3 is 0 Å². The van der Waals surface area contributed by atoms with Crippen LogP contribution in [0.3, 0.4) is 0 Å². The number of aromatic nitrogens is 1. The van der Waals surface area contributed by atoms with Gasteiger partial charge in [-0.15, -0.1) is 11.3 Å². The molecule has 0 bridgehead atoms. The maximum Gasteiger partial charge on any atom is 0.0801 e. The van der Waals surface area contributed by atoms with Crippen molar-refractivity contribution in [2.45, 2.75) is 33.2 Å². The summed E-state index contributed by atoms with van der Waals surface area (Å²) in [6.45, 7) is 8.20. The Kier molecular flexibility index (Phi) is 3.03. The molecule has 1 aromatic rings. The van der Waals surface area contributed by atoms with Crippen molar-refractivity contribution in [1.29, 1.82) is 0 Å². The Morgan fingerprint density at radius 3 is 2.69 bits per heavy atom. The van der Waals surface area contributed by atoms with Crippen LogP contribution in [0.2, 0.25) is 0 Å². The lowest BCUT2D eigenvalue weighted by molar-refractivity contribution is 0.442. The van der Waals surface area contributed by atoms with E-state index >= 15 is 0 Å².